The topological polar surface area (TPSA) is 34.4 Å². The normalized spacial score (nSPS) is 12.4. The van der Waals surface area contributed by atoms with E-state index >= 15 is 0 Å². The zero-order valence-electron chi connectivity index (χ0n) is 10.0. The number of methoxy groups -OCH3 is 1. The zero-order valence-corrected chi connectivity index (χ0v) is 11.6. The lowest BCUT2D eigenvalue weighted by molar-refractivity contribution is 0.387. The van der Waals surface area contributed by atoms with Gasteiger partial charge < -0.3 is 14.5 Å². The van der Waals surface area contributed by atoms with Crippen molar-refractivity contribution in [2.75, 3.05) is 14.2 Å². The molecule has 0 aliphatic rings. The molecule has 1 aromatic heterocycles. The van der Waals surface area contributed by atoms with Gasteiger partial charge in [-0.2, -0.15) is 0 Å². The number of ether oxygens (including phenoxy) is 1. The highest BCUT2D eigenvalue weighted by molar-refractivity contribution is 9.10. The maximum atomic E-state index is 14.0. The molecule has 1 aromatic carbocycles. The summed E-state index contributed by atoms with van der Waals surface area (Å²) < 4.78 is 25.4. The summed E-state index contributed by atoms with van der Waals surface area (Å²) in [4.78, 5) is 0. The molecule has 2 rings (SSSR count). The summed E-state index contributed by atoms with van der Waals surface area (Å²) in [5, 5.41) is 3.03. The molecule has 5 heteroatoms. The Morgan fingerprint density at radius 3 is 2.72 bits per heavy atom. The van der Waals surface area contributed by atoms with Crippen molar-refractivity contribution < 1.29 is 13.5 Å². The van der Waals surface area contributed by atoms with Gasteiger partial charge >= 0.3 is 0 Å². The number of furan rings is 1. The highest BCUT2D eigenvalue weighted by Crippen LogP contribution is 2.35. The van der Waals surface area contributed by atoms with Gasteiger partial charge in [-0.15, -0.1) is 0 Å². The predicted molar refractivity (Wildman–Crippen MR) is 70.3 cm³/mol. The third-order valence-electron chi connectivity index (χ3n) is 2.72. The maximum Gasteiger partial charge on any atom is 0.139 e. The van der Waals surface area contributed by atoms with Gasteiger partial charge in [0, 0.05) is 0 Å². The second-order valence-electron chi connectivity index (χ2n) is 3.71. The Hall–Kier alpha value is -1.33. The van der Waals surface area contributed by atoms with E-state index in [2.05, 4.69) is 21.2 Å². The van der Waals surface area contributed by atoms with Crippen LogP contribution in [-0.4, -0.2) is 14.2 Å². The molecule has 96 valence electrons. The van der Waals surface area contributed by atoms with Crippen LogP contribution in [0.25, 0.3) is 0 Å². The lowest BCUT2D eigenvalue weighted by Gasteiger charge is -2.18. The zero-order chi connectivity index (χ0) is 13.1. The summed E-state index contributed by atoms with van der Waals surface area (Å²) in [6.07, 6.45) is 1.55. The van der Waals surface area contributed by atoms with Crippen molar-refractivity contribution in [3.63, 3.8) is 0 Å². The highest BCUT2D eigenvalue weighted by Gasteiger charge is 2.25. The fourth-order valence-electron chi connectivity index (χ4n) is 1.89. The number of rotatable bonds is 4. The van der Waals surface area contributed by atoms with Crippen LogP contribution in [0.5, 0.6) is 5.75 Å². The Morgan fingerprint density at radius 1 is 1.39 bits per heavy atom. The van der Waals surface area contributed by atoms with Crippen molar-refractivity contribution in [3.05, 3.63) is 52.1 Å². The standard InChI is InChI=1S/C13H13BrFNO2/c1-16-12(13-8(14)6-7-18-13)11-9(15)4-3-5-10(11)17-2/h3-7,12,16H,1-2H3. The average molecular weight is 314 g/mol. The minimum atomic E-state index is -0.412. The Kier molecular flexibility index (Phi) is 4.04. The molecule has 3 nitrogen and oxygen atoms in total. The second kappa shape index (κ2) is 5.54. The molecule has 1 heterocycles. The van der Waals surface area contributed by atoms with Crippen LogP contribution < -0.4 is 10.1 Å². The molecule has 2 aromatic rings. The number of halogens is 2. The first-order chi connectivity index (χ1) is 8.69. The number of hydrogen-bond donors (Lipinski definition) is 1. The summed E-state index contributed by atoms with van der Waals surface area (Å²) in [5.41, 5.74) is 0.429. The summed E-state index contributed by atoms with van der Waals surface area (Å²) in [6.45, 7) is 0. The molecule has 0 aliphatic carbocycles. The first kappa shape index (κ1) is 13.1. The third kappa shape index (κ3) is 2.28. The summed E-state index contributed by atoms with van der Waals surface area (Å²) in [7, 11) is 3.26. The van der Waals surface area contributed by atoms with E-state index < -0.39 is 6.04 Å². The molecule has 0 fully saturated rings. The van der Waals surface area contributed by atoms with Crippen LogP contribution in [0, 0.1) is 5.82 Å². The van der Waals surface area contributed by atoms with Gasteiger partial charge in [0.1, 0.15) is 17.3 Å². The summed E-state index contributed by atoms with van der Waals surface area (Å²) in [6, 6.07) is 6.10. The fourth-order valence-corrected chi connectivity index (χ4v) is 2.32. The lowest BCUT2D eigenvalue weighted by atomic mass is 10.0. The second-order valence-corrected chi connectivity index (χ2v) is 4.56. The van der Waals surface area contributed by atoms with Crippen LogP contribution in [0.4, 0.5) is 4.39 Å². The number of nitrogens with one attached hydrogen (secondary N) is 1. The van der Waals surface area contributed by atoms with Gasteiger partial charge in [-0.1, -0.05) is 6.07 Å². The van der Waals surface area contributed by atoms with E-state index in [4.69, 9.17) is 9.15 Å². The van der Waals surface area contributed by atoms with Crippen LogP contribution >= 0.6 is 15.9 Å². The van der Waals surface area contributed by atoms with Crippen molar-refractivity contribution >= 4 is 15.9 Å². The molecule has 0 spiro atoms. The number of benzene rings is 1. The Labute approximate surface area is 113 Å². The molecule has 0 saturated heterocycles. The molecule has 1 N–H and O–H groups in total. The van der Waals surface area contributed by atoms with E-state index in [9.17, 15) is 4.39 Å². The SMILES string of the molecule is CNC(c1occc1Br)c1c(F)cccc1OC. The van der Waals surface area contributed by atoms with Gasteiger partial charge in [-0.05, 0) is 41.2 Å². The van der Waals surface area contributed by atoms with Crippen molar-refractivity contribution in [2.24, 2.45) is 0 Å². The fraction of sp³-hybridized carbons (Fsp3) is 0.231. The van der Waals surface area contributed by atoms with Crippen molar-refractivity contribution in [2.45, 2.75) is 6.04 Å². The number of hydrogen-bond acceptors (Lipinski definition) is 3. The quantitative estimate of drug-likeness (QED) is 0.938. The van der Waals surface area contributed by atoms with Crippen LogP contribution in [0.2, 0.25) is 0 Å². The maximum absolute atomic E-state index is 14.0. The third-order valence-corrected chi connectivity index (χ3v) is 3.37. The van der Waals surface area contributed by atoms with Crippen molar-refractivity contribution in [1.29, 1.82) is 0 Å². The van der Waals surface area contributed by atoms with Crippen molar-refractivity contribution in [3.8, 4) is 5.75 Å². The monoisotopic (exact) mass is 313 g/mol. The first-order valence-corrected chi connectivity index (χ1v) is 6.21. The average Bonchev–Trinajstić information content (AvgIpc) is 2.79. The van der Waals surface area contributed by atoms with Crippen molar-refractivity contribution in [1.82, 2.24) is 5.32 Å². The van der Waals surface area contributed by atoms with E-state index in [1.54, 1.807) is 31.5 Å². The first-order valence-electron chi connectivity index (χ1n) is 5.41. The molecule has 0 bridgehead atoms. The molecule has 0 aliphatic heterocycles. The van der Waals surface area contributed by atoms with Crippen LogP contribution in [0.3, 0.4) is 0 Å². The predicted octanol–water partition coefficient (Wildman–Crippen LogP) is 3.50. The minimum Gasteiger partial charge on any atom is -0.496 e. The van der Waals surface area contributed by atoms with Gasteiger partial charge in [0.2, 0.25) is 0 Å². The Bertz CT molecular complexity index is 542. The molecule has 0 amide bonds. The van der Waals surface area contributed by atoms with E-state index in [0.29, 0.717) is 17.1 Å². The van der Waals surface area contributed by atoms with Gasteiger partial charge in [0.25, 0.3) is 0 Å². The molecule has 18 heavy (non-hydrogen) atoms. The molecular weight excluding hydrogens is 301 g/mol. The lowest BCUT2D eigenvalue weighted by Crippen LogP contribution is -2.19. The smallest absolute Gasteiger partial charge is 0.139 e. The van der Waals surface area contributed by atoms with Gasteiger partial charge in [0.15, 0.2) is 0 Å². The van der Waals surface area contributed by atoms with Crippen LogP contribution in [-0.2, 0) is 0 Å². The molecule has 1 atom stereocenters. The van der Waals surface area contributed by atoms with E-state index in [-0.39, 0.29) is 5.82 Å². The van der Waals surface area contributed by atoms with Gasteiger partial charge in [0.05, 0.1) is 29.5 Å². The molecule has 1 unspecified atom stereocenters. The van der Waals surface area contributed by atoms with E-state index in [1.807, 2.05) is 0 Å². The van der Waals surface area contributed by atoms with Gasteiger partial charge in [-0.25, -0.2) is 4.39 Å². The Balaban J connectivity index is 2.55. The van der Waals surface area contributed by atoms with Crippen LogP contribution in [0.1, 0.15) is 17.4 Å². The van der Waals surface area contributed by atoms with E-state index in [1.165, 1.54) is 13.2 Å². The molecule has 0 saturated carbocycles. The minimum absolute atomic E-state index is 0.336. The molecular formula is C13H13BrFNO2. The van der Waals surface area contributed by atoms with Gasteiger partial charge in [-0.3, -0.25) is 0 Å². The van der Waals surface area contributed by atoms with Crippen LogP contribution in [0.15, 0.2) is 39.4 Å². The highest BCUT2D eigenvalue weighted by atomic mass is 79.9. The molecule has 0 radical (unpaired) electrons. The summed E-state index contributed by atoms with van der Waals surface area (Å²) in [5.74, 6) is 0.760. The van der Waals surface area contributed by atoms with E-state index in [0.717, 1.165) is 4.47 Å². The summed E-state index contributed by atoms with van der Waals surface area (Å²) >= 11 is 3.38. The largest absolute Gasteiger partial charge is 0.496 e. The Morgan fingerprint density at radius 2 is 2.17 bits per heavy atom.